The Hall–Kier alpha value is 0.270. The van der Waals surface area contributed by atoms with Crippen LogP contribution < -0.4 is 5.32 Å². The van der Waals surface area contributed by atoms with Crippen LogP contribution in [-0.4, -0.2) is 49.6 Å². The second-order valence-electron chi connectivity index (χ2n) is 4.59. The van der Waals surface area contributed by atoms with E-state index in [1.165, 1.54) is 57.5 Å². The number of hydrogen-bond acceptors (Lipinski definition) is 3. The SMILES string of the molecule is CSCCN(C)CCCC1CCCCN1. The highest BCUT2D eigenvalue weighted by atomic mass is 32.2. The lowest BCUT2D eigenvalue weighted by atomic mass is 10.0. The largest absolute Gasteiger partial charge is 0.314 e. The fourth-order valence-corrected chi connectivity index (χ4v) is 2.63. The van der Waals surface area contributed by atoms with Crippen LogP contribution in [0, 0.1) is 0 Å². The Kier molecular flexibility index (Phi) is 7.49. The smallest absolute Gasteiger partial charge is 0.00692 e. The van der Waals surface area contributed by atoms with Crippen molar-refractivity contribution >= 4 is 11.8 Å². The monoisotopic (exact) mass is 230 g/mol. The van der Waals surface area contributed by atoms with Crippen LogP contribution in [0.1, 0.15) is 32.1 Å². The number of rotatable bonds is 7. The maximum Gasteiger partial charge on any atom is 0.00692 e. The number of thioether (sulfide) groups is 1. The summed E-state index contributed by atoms with van der Waals surface area (Å²) in [5.41, 5.74) is 0. The molecule has 1 N–H and O–H groups in total. The van der Waals surface area contributed by atoms with Crippen LogP contribution in [0.4, 0.5) is 0 Å². The molecule has 0 aromatic carbocycles. The average molecular weight is 230 g/mol. The Morgan fingerprint density at radius 2 is 2.20 bits per heavy atom. The van der Waals surface area contributed by atoms with Crippen LogP contribution in [0.15, 0.2) is 0 Å². The van der Waals surface area contributed by atoms with Gasteiger partial charge < -0.3 is 10.2 Å². The molecule has 0 spiro atoms. The molecule has 0 amide bonds. The van der Waals surface area contributed by atoms with Crippen molar-refractivity contribution in [3.05, 3.63) is 0 Å². The molecule has 1 atom stereocenters. The summed E-state index contributed by atoms with van der Waals surface area (Å²) in [6.07, 6.45) is 9.10. The molecular formula is C12H26N2S. The molecule has 1 rings (SSSR count). The Morgan fingerprint density at radius 3 is 2.87 bits per heavy atom. The first-order chi connectivity index (χ1) is 7.33. The van der Waals surface area contributed by atoms with E-state index in [9.17, 15) is 0 Å². The topological polar surface area (TPSA) is 15.3 Å². The number of nitrogens with one attached hydrogen (secondary N) is 1. The molecule has 0 aromatic rings. The van der Waals surface area contributed by atoms with Crippen molar-refractivity contribution in [3.8, 4) is 0 Å². The molecule has 1 saturated heterocycles. The lowest BCUT2D eigenvalue weighted by Crippen LogP contribution is -2.34. The third kappa shape index (κ3) is 6.44. The lowest BCUT2D eigenvalue weighted by molar-refractivity contribution is 0.315. The van der Waals surface area contributed by atoms with Crippen molar-refractivity contribution in [1.82, 2.24) is 10.2 Å². The summed E-state index contributed by atoms with van der Waals surface area (Å²) in [7, 11) is 2.24. The van der Waals surface area contributed by atoms with Gasteiger partial charge >= 0.3 is 0 Å². The maximum atomic E-state index is 3.61. The van der Waals surface area contributed by atoms with Gasteiger partial charge in [0.15, 0.2) is 0 Å². The van der Waals surface area contributed by atoms with Gasteiger partial charge in [-0.3, -0.25) is 0 Å². The van der Waals surface area contributed by atoms with Gasteiger partial charge in [-0.05, 0) is 52.1 Å². The third-order valence-corrected chi connectivity index (χ3v) is 3.77. The molecule has 1 unspecified atom stereocenters. The second-order valence-corrected chi connectivity index (χ2v) is 5.57. The van der Waals surface area contributed by atoms with E-state index in [4.69, 9.17) is 0 Å². The van der Waals surface area contributed by atoms with Gasteiger partial charge in [0, 0.05) is 18.3 Å². The maximum absolute atomic E-state index is 3.61. The van der Waals surface area contributed by atoms with Crippen molar-refractivity contribution in [2.45, 2.75) is 38.1 Å². The molecule has 0 saturated carbocycles. The summed E-state index contributed by atoms with van der Waals surface area (Å²) in [5.74, 6) is 1.26. The molecule has 1 fully saturated rings. The summed E-state index contributed by atoms with van der Waals surface area (Å²) >= 11 is 1.94. The predicted octanol–water partition coefficient (Wildman–Crippen LogP) is 2.20. The van der Waals surface area contributed by atoms with Crippen LogP contribution in [-0.2, 0) is 0 Å². The van der Waals surface area contributed by atoms with Crippen LogP contribution in [0.3, 0.4) is 0 Å². The minimum atomic E-state index is 0.813. The van der Waals surface area contributed by atoms with E-state index in [1.807, 2.05) is 11.8 Å². The normalized spacial score (nSPS) is 22.2. The van der Waals surface area contributed by atoms with E-state index in [2.05, 4.69) is 23.5 Å². The van der Waals surface area contributed by atoms with E-state index >= 15 is 0 Å². The van der Waals surface area contributed by atoms with Gasteiger partial charge in [-0.15, -0.1) is 0 Å². The molecule has 1 heterocycles. The number of nitrogens with zero attached hydrogens (tertiary/aromatic N) is 1. The molecule has 2 nitrogen and oxygen atoms in total. The Bertz CT molecular complexity index is 147. The lowest BCUT2D eigenvalue weighted by Gasteiger charge is -2.24. The number of piperidine rings is 1. The molecule has 0 aliphatic carbocycles. The average Bonchev–Trinajstić information content (AvgIpc) is 2.28. The molecule has 1 aliphatic rings. The highest BCUT2D eigenvalue weighted by Crippen LogP contribution is 2.11. The first kappa shape index (κ1) is 13.3. The summed E-state index contributed by atoms with van der Waals surface area (Å²) in [4.78, 5) is 2.46. The van der Waals surface area contributed by atoms with Crippen LogP contribution in [0.25, 0.3) is 0 Å². The summed E-state index contributed by atoms with van der Waals surface area (Å²) in [6.45, 7) is 3.74. The molecule has 1 aliphatic heterocycles. The zero-order chi connectivity index (χ0) is 10.9. The Balaban J connectivity index is 1.94. The first-order valence-electron chi connectivity index (χ1n) is 6.24. The van der Waals surface area contributed by atoms with E-state index in [-0.39, 0.29) is 0 Å². The highest BCUT2D eigenvalue weighted by Gasteiger charge is 2.11. The van der Waals surface area contributed by atoms with Gasteiger partial charge in [0.25, 0.3) is 0 Å². The predicted molar refractivity (Wildman–Crippen MR) is 70.8 cm³/mol. The van der Waals surface area contributed by atoms with Crippen molar-refractivity contribution in [3.63, 3.8) is 0 Å². The highest BCUT2D eigenvalue weighted by molar-refractivity contribution is 7.98. The third-order valence-electron chi connectivity index (χ3n) is 3.18. The fraction of sp³-hybridized carbons (Fsp3) is 1.00. The van der Waals surface area contributed by atoms with Gasteiger partial charge in [0.2, 0.25) is 0 Å². The molecule has 0 aromatic heterocycles. The summed E-state index contributed by atoms with van der Waals surface area (Å²) in [6, 6.07) is 0.813. The van der Waals surface area contributed by atoms with Gasteiger partial charge in [-0.25, -0.2) is 0 Å². The fourth-order valence-electron chi connectivity index (χ4n) is 2.14. The molecule has 0 radical (unpaired) electrons. The van der Waals surface area contributed by atoms with E-state index in [0.29, 0.717) is 0 Å². The van der Waals surface area contributed by atoms with Crippen molar-refractivity contribution in [2.24, 2.45) is 0 Å². The molecule has 15 heavy (non-hydrogen) atoms. The molecule has 0 bridgehead atoms. The van der Waals surface area contributed by atoms with Gasteiger partial charge in [-0.2, -0.15) is 11.8 Å². The summed E-state index contributed by atoms with van der Waals surface area (Å²) < 4.78 is 0. The van der Waals surface area contributed by atoms with Crippen LogP contribution in [0.5, 0.6) is 0 Å². The van der Waals surface area contributed by atoms with Crippen molar-refractivity contribution in [2.75, 3.05) is 38.7 Å². The minimum Gasteiger partial charge on any atom is -0.314 e. The first-order valence-corrected chi connectivity index (χ1v) is 7.63. The van der Waals surface area contributed by atoms with Crippen LogP contribution in [0.2, 0.25) is 0 Å². The van der Waals surface area contributed by atoms with Crippen LogP contribution >= 0.6 is 11.8 Å². The zero-order valence-electron chi connectivity index (χ0n) is 10.3. The Morgan fingerprint density at radius 1 is 1.33 bits per heavy atom. The minimum absolute atomic E-state index is 0.813. The standard InChI is InChI=1S/C12H26N2S/c1-14(10-11-15-2)9-5-7-12-6-3-4-8-13-12/h12-13H,3-11H2,1-2H3. The van der Waals surface area contributed by atoms with E-state index in [0.717, 1.165) is 6.04 Å². The van der Waals surface area contributed by atoms with Gasteiger partial charge in [-0.1, -0.05) is 6.42 Å². The Labute approximate surface area is 99.2 Å². The van der Waals surface area contributed by atoms with E-state index < -0.39 is 0 Å². The van der Waals surface area contributed by atoms with Crippen molar-refractivity contribution < 1.29 is 0 Å². The molecule has 3 heteroatoms. The quantitative estimate of drug-likeness (QED) is 0.722. The van der Waals surface area contributed by atoms with Gasteiger partial charge in [0.1, 0.15) is 0 Å². The van der Waals surface area contributed by atoms with Crippen molar-refractivity contribution in [1.29, 1.82) is 0 Å². The molecule has 90 valence electrons. The summed E-state index contributed by atoms with van der Waals surface area (Å²) in [5, 5.41) is 3.61. The van der Waals surface area contributed by atoms with Gasteiger partial charge in [0.05, 0.1) is 0 Å². The van der Waals surface area contributed by atoms with E-state index in [1.54, 1.807) is 0 Å². The second kappa shape index (κ2) is 8.43. The zero-order valence-corrected chi connectivity index (χ0v) is 11.1. The number of hydrogen-bond donors (Lipinski definition) is 1. The molecular weight excluding hydrogens is 204 g/mol.